The number of hydrogen-bond donors (Lipinski definition) is 2. The van der Waals surface area contributed by atoms with Gasteiger partial charge in [0.15, 0.2) is 0 Å². The monoisotopic (exact) mass is 606 g/mol. The van der Waals surface area contributed by atoms with E-state index in [1.165, 1.54) is 5.69 Å². The molecule has 0 radical (unpaired) electrons. The quantitative estimate of drug-likeness (QED) is 0.295. The van der Waals surface area contributed by atoms with E-state index < -0.39 is 0 Å². The zero-order chi connectivity index (χ0) is 31.1. The first-order valence-corrected chi connectivity index (χ1v) is 16.2. The van der Waals surface area contributed by atoms with Gasteiger partial charge in [-0.15, -0.1) is 0 Å². The molecule has 45 heavy (non-hydrogen) atoms. The van der Waals surface area contributed by atoms with Gasteiger partial charge in [-0.1, -0.05) is 18.2 Å². The number of piperidine rings is 1. The number of fused-ring (bicyclic) bond motifs is 3. The second-order valence-electron chi connectivity index (χ2n) is 13.0. The van der Waals surface area contributed by atoms with Crippen molar-refractivity contribution in [2.24, 2.45) is 0 Å². The van der Waals surface area contributed by atoms with Gasteiger partial charge in [-0.2, -0.15) is 0 Å². The number of amides is 2. The molecule has 0 aliphatic carbocycles. The lowest BCUT2D eigenvalue weighted by Crippen LogP contribution is -2.50. The maximum atomic E-state index is 13.2. The highest BCUT2D eigenvalue weighted by atomic mass is 16.3. The van der Waals surface area contributed by atoms with E-state index in [1.54, 1.807) is 12.5 Å². The van der Waals surface area contributed by atoms with E-state index in [1.807, 2.05) is 44.2 Å². The molecule has 0 unspecified atom stereocenters. The number of piperazine rings is 1. The number of aromatic nitrogens is 1. The molecule has 2 N–H and O–H groups in total. The van der Waals surface area contributed by atoms with Crippen LogP contribution in [0.4, 0.5) is 11.5 Å². The molecule has 2 aromatic carbocycles. The zero-order valence-electron chi connectivity index (χ0n) is 26.3. The summed E-state index contributed by atoms with van der Waals surface area (Å²) in [6, 6.07) is 18.7. The number of rotatable bonds is 7. The Morgan fingerprint density at radius 3 is 2.33 bits per heavy atom. The third kappa shape index (κ3) is 5.89. The lowest BCUT2D eigenvalue weighted by Gasteiger charge is -2.40. The first-order valence-electron chi connectivity index (χ1n) is 16.2. The summed E-state index contributed by atoms with van der Waals surface area (Å²) in [5.74, 6) is 0.727. The number of pyridine rings is 1. The summed E-state index contributed by atoms with van der Waals surface area (Å²) in [5, 5.41) is 7.44. The highest BCUT2D eigenvalue weighted by Gasteiger charge is 2.42. The zero-order valence-corrected chi connectivity index (χ0v) is 26.3. The average Bonchev–Trinajstić information content (AvgIpc) is 3.64. The summed E-state index contributed by atoms with van der Waals surface area (Å²) < 4.78 is 5.60. The standard InChI is InChI=1S/C36H42N6O3/c1-23-32(12-6-26-14-19-45-34(23)26)36(44)39-28-20-30-10-11-31(21-28)42(30)33-13-7-27(22-37-33)35(43)38-24(2)25-4-8-29(9-5-25)41-17-15-40(3)16-18-41/h4-9,12-14,19,22,24,28,30-31H,10-11,15-18,20-21H2,1-3H3,(H,38,43)(H,39,44)/t24-,28-,30+,31-/m0/s1. The van der Waals surface area contributed by atoms with Crippen LogP contribution in [0.2, 0.25) is 0 Å². The van der Waals surface area contributed by atoms with E-state index in [-0.39, 0.29) is 23.9 Å². The van der Waals surface area contributed by atoms with Gasteiger partial charge in [0.2, 0.25) is 0 Å². The van der Waals surface area contributed by atoms with Crippen LogP contribution in [0.15, 0.2) is 71.5 Å². The third-order valence-corrected chi connectivity index (χ3v) is 10.1. The molecule has 7 rings (SSSR count). The van der Waals surface area contributed by atoms with Crippen molar-refractivity contribution in [3.05, 3.63) is 89.3 Å². The van der Waals surface area contributed by atoms with E-state index in [9.17, 15) is 9.59 Å². The van der Waals surface area contributed by atoms with Gasteiger partial charge in [0.05, 0.1) is 17.9 Å². The lowest BCUT2D eigenvalue weighted by atomic mass is 9.96. The van der Waals surface area contributed by atoms with Crippen molar-refractivity contribution in [3.63, 3.8) is 0 Å². The Morgan fingerprint density at radius 2 is 1.64 bits per heavy atom. The maximum Gasteiger partial charge on any atom is 0.253 e. The van der Waals surface area contributed by atoms with Crippen LogP contribution >= 0.6 is 0 Å². The van der Waals surface area contributed by atoms with Crippen LogP contribution in [0, 0.1) is 6.92 Å². The first-order chi connectivity index (χ1) is 21.8. The molecular weight excluding hydrogens is 564 g/mol. The molecule has 2 aromatic heterocycles. The molecule has 2 bridgehead atoms. The maximum absolute atomic E-state index is 13.2. The normalized spacial score (nSPS) is 22.4. The number of anilines is 2. The van der Waals surface area contributed by atoms with Gasteiger partial charge < -0.3 is 29.8 Å². The van der Waals surface area contributed by atoms with Gasteiger partial charge in [-0.05, 0) is 88.5 Å². The van der Waals surface area contributed by atoms with Crippen LogP contribution in [0.25, 0.3) is 11.0 Å². The van der Waals surface area contributed by atoms with Crippen molar-refractivity contribution >= 4 is 34.3 Å². The van der Waals surface area contributed by atoms with Crippen LogP contribution < -0.4 is 20.4 Å². The molecule has 9 heteroatoms. The van der Waals surface area contributed by atoms with Crippen molar-refractivity contribution in [3.8, 4) is 0 Å². The van der Waals surface area contributed by atoms with Gasteiger partial charge >= 0.3 is 0 Å². The minimum absolute atomic E-state index is 0.0441. The van der Waals surface area contributed by atoms with E-state index in [4.69, 9.17) is 9.40 Å². The fraction of sp³-hybridized carbons (Fsp3) is 0.417. The fourth-order valence-corrected chi connectivity index (χ4v) is 7.43. The van der Waals surface area contributed by atoms with Crippen LogP contribution in [0.3, 0.4) is 0 Å². The fourth-order valence-electron chi connectivity index (χ4n) is 7.43. The van der Waals surface area contributed by atoms with Crippen molar-refractivity contribution in [2.75, 3.05) is 43.0 Å². The lowest BCUT2D eigenvalue weighted by molar-refractivity contribution is 0.0922. The first kappa shape index (κ1) is 29.3. The Bertz CT molecular complexity index is 1660. The van der Waals surface area contributed by atoms with E-state index >= 15 is 0 Å². The molecule has 4 aromatic rings. The molecule has 4 atom stereocenters. The number of benzene rings is 2. The predicted molar refractivity (Wildman–Crippen MR) is 177 cm³/mol. The SMILES string of the molecule is Cc1c(C(=O)N[C@H]2C[C@H]3CC[C@@H](C2)N3c2ccc(C(=O)N[C@@H](C)c3ccc(N4CCN(C)CC4)cc3)cn2)ccc2ccoc12. The van der Waals surface area contributed by atoms with Gasteiger partial charge in [0, 0.05) is 72.7 Å². The number of aryl methyl sites for hydroxylation is 1. The summed E-state index contributed by atoms with van der Waals surface area (Å²) in [6.07, 6.45) is 7.25. The molecule has 0 saturated carbocycles. The second-order valence-corrected chi connectivity index (χ2v) is 13.0. The molecular formula is C36H42N6O3. The number of furan rings is 1. The minimum Gasteiger partial charge on any atom is -0.464 e. The van der Waals surface area contributed by atoms with Gasteiger partial charge in [0.25, 0.3) is 11.8 Å². The Hall–Kier alpha value is -4.37. The largest absolute Gasteiger partial charge is 0.464 e. The van der Waals surface area contributed by atoms with Crippen LogP contribution in [-0.4, -0.2) is 73.1 Å². The Kier molecular flexibility index (Phi) is 7.95. The summed E-state index contributed by atoms with van der Waals surface area (Å²) in [7, 11) is 2.16. The van der Waals surface area contributed by atoms with Gasteiger partial charge in [-0.25, -0.2) is 4.98 Å². The van der Waals surface area contributed by atoms with Crippen molar-refractivity contribution in [1.82, 2.24) is 20.5 Å². The highest BCUT2D eigenvalue weighted by molar-refractivity contribution is 6.00. The Labute approximate surface area is 264 Å². The van der Waals surface area contributed by atoms with Crippen LogP contribution in [0.5, 0.6) is 0 Å². The summed E-state index contributed by atoms with van der Waals surface area (Å²) in [5.41, 5.74) is 5.17. The molecule has 234 valence electrons. The number of nitrogens with one attached hydrogen (secondary N) is 2. The van der Waals surface area contributed by atoms with Crippen molar-refractivity contribution < 1.29 is 14.0 Å². The molecule has 3 fully saturated rings. The number of carbonyl (C=O) groups excluding carboxylic acids is 2. The van der Waals surface area contributed by atoms with Crippen LogP contribution in [0.1, 0.15) is 70.5 Å². The highest BCUT2D eigenvalue weighted by Crippen LogP contribution is 2.39. The van der Waals surface area contributed by atoms with Crippen molar-refractivity contribution in [2.45, 2.75) is 63.7 Å². The molecule has 5 heterocycles. The number of carbonyl (C=O) groups is 2. The smallest absolute Gasteiger partial charge is 0.253 e. The third-order valence-electron chi connectivity index (χ3n) is 10.1. The van der Waals surface area contributed by atoms with E-state index in [2.05, 4.69) is 56.6 Å². The summed E-state index contributed by atoms with van der Waals surface area (Å²) >= 11 is 0. The summed E-state index contributed by atoms with van der Waals surface area (Å²) in [6.45, 7) is 8.17. The van der Waals surface area contributed by atoms with E-state index in [0.29, 0.717) is 23.2 Å². The van der Waals surface area contributed by atoms with E-state index in [0.717, 1.165) is 79.8 Å². The minimum atomic E-state index is -0.128. The average molecular weight is 607 g/mol. The predicted octanol–water partition coefficient (Wildman–Crippen LogP) is 5.31. The number of likely N-dealkylation sites (N-methyl/N-ethyl adjacent to an activating group) is 1. The molecule has 2 amide bonds. The molecule has 3 saturated heterocycles. The number of nitrogens with zero attached hydrogens (tertiary/aromatic N) is 4. The molecule has 0 spiro atoms. The molecule has 3 aliphatic heterocycles. The topological polar surface area (TPSA) is 94.0 Å². The second kappa shape index (κ2) is 12.2. The number of hydrogen-bond acceptors (Lipinski definition) is 7. The Morgan fingerprint density at radius 1 is 0.911 bits per heavy atom. The molecule has 9 nitrogen and oxygen atoms in total. The van der Waals surface area contributed by atoms with Crippen LogP contribution in [-0.2, 0) is 0 Å². The van der Waals surface area contributed by atoms with Crippen molar-refractivity contribution in [1.29, 1.82) is 0 Å². The Balaban J connectivity index is 0.944. The molecule has 3 aliphatic rings. The summed E-state index contributed by atoms with van der Waals surface area (Å²) in [4.78, 5) is 38.2. The van der Waals surface area contributed by atoms with Gasteiger partial charge in [0.1, 0.15) is 11.4 Å². The van der Waals surface area contributed by atoms with Gasteiger partial charge in [-0.3, -0.25) is 9.59 Å².